The molecule has 0 atom stereocenters. The van der Waals surface area contributed by atoms with E-state index in [0.29, 0.717) is 12.0 Å². The van der Waals surface area contributed by atoms with Crippen molar-refractivity contribution in [1.29, 1.82) is 0 Å². The maximum absolute atomic E-state index is 3.51. The topological polar surface area (TPSA) is 12.0 Å². The van der Waals surface area contributed by atoms with Gasteiger partial charge in [-0.3, -0.25) is 0 Å². The lowest BCUT2D eigenvalue weighted by Gasteiger charge is -2.15. The van der Waals surface area contributed by atoms with E-state index in [1.165, 1.54) is 22.3 Å². The molecule has 0 spiro atoms. The molecule has 0 aliphatic heterocycles. The second-order valence-electron chi connectivity index (χ2n) is 5.83. The van der Waals surface area contributed by atoms with Gasteiger partial charge in [0.15, 0.2) is 0 Å². The Morgan fingerprint density at radius 1 is 1.06 bits per heavy atom. The van der Waals surface area contributed by atoms with Crippen LogP contribution >= 0.6 is 0 Å². The van der Waals surface area contributed by atoms with Crippen LogP contribution in [-0.4, -0.2) is 12.6 Å². The lowest BCUT2D eigenvalue weighted by Crippen LogP contribution is -2.26. The van der Waals surface area contributed by atoms with Crippen LogP contribution in [0, 0.1) is 19.8 Å². The van der Waals surface area contributed by atoms with E-state index >= 15 is 0 Å². The normalized spacial score (nSPS) is 12.6. The van der Waals surface area contributed by atoms with Gasteiger partial charge >= 0.3 is 0 Å². The number of nitrogens with one attached hydrogen (secondary N) is 1. The molecule has 0 heterocycles. The van der Waals surface area contributed by atoms with Gasteiger partial charge in [0, 0.05) is 12.6 Å². The van der Waals surface area contributed by atoms with E-state index in [1.807, 2.05) is 0 Å². The maximum atomic E-state index is 3.51. The fraction of sp³-hybridized carbons (Fsp3) is 0.529. The number of rotatable bonds is 5. The minimum Gasteiger partial charge on any atom is -0.311 e. The van der Waals surface area contributed by atoms with Gasteiger partial charge in [-0.2, -0.15) is 0 Å². The molecule has 0 aliphatic rings. The third-order valence-electron chi connectivity index (χ3n) is 3.05. The van der Waals surface area contributed by atoms with E-state index in [2.05, 4.69) is 71.1 Å². The summed E-state index contributed by atoms with van der Waals surface area (Å²) < 4.78 is 0. The first-order valence-electron chi connectivity index (χ1n) is 6.90. The number of benzene rings is 1. The van der Waals surface area contributed by atoms with Crippen LogP contribution in [0.25, 0.3) is 6.08 Å². The highest BCUT2D eigenvalue weighted by Crippen LogP contribution is 2.17. The third kappa shape index (κ3) is 5.05. The summed E-state index contributed by atoms with van der Waals surface area (Å²) in [6, 6.07) is 7.26. The van der Waals surface area contributed by atoms with Gasteiger partial charge in [-0.25, -0.2) is 0 Å². The predicted molar refractivity (Wildman–Crippen MR) is 81.9 cm³/mol. The molecular weight excluding hydrogens is 218 g/mol. The summed E-state index contributed by atoms with van der Waals surface area (Å²) in [5.74, 6) is 0.581. The second kappa shape index (κ2) is 6.75. The molecule has 1 rings (SSSR count). The fourth-order valence-corrected chi connectivity index (χ4v) is 2.05. The van der Waals surface area contributed by atoms with Gasteiger partial charge in [0.2, 0.25) is 0 Å². The second-order valence-corrected chi connectivity index (χ2v) is 5.83. The molecule has 0 amide bonds. The van der Waals surface area contributed by atoms with Crippen molar-refractivity contribution in [3.8, 4) is 0 Å². The van der Waals surface area contributed by atoms with Crippen LogP contribution in [0.4, 0.5) is 0 Å². The monoisotopic (exact) mass is 245 g/mol. The van der Waals surface area contributed by atoms with Crippen LogP contribution in [0.3, 0.4) is 0 Å². The standard InChI is InChI=1S/C17H27N/c1-12(2)17(11-18-13(3)4)10-16-8-14(5)7-15(6)9-16/h7-10,12-13,18H,11H2,1-6H3. The van der Waals surface area contributed by atoms with Crippen LogP contribution in [0.1, 0.15) is 44.4 Å². The van der Waals surface area contributed by atoms with Crippen molar-refractivity contribution < 1.29 is 0 Å². The summed E-state index contributed by atoms with van der Waals surface area (Å²) in [6.07, 6.45) is 2.33. The highest BCUT2D eigenvalue weighted by atomic mass is 14.9. The maximum Gasteiger partial charge on any atom is 0.0172 e. The van der Waals surface area contributed by atoms with Gasteiger partial charge in [0.25, 0.3) is 0 Å². The van der Waals surface area contributed by atoms with Crippen molar-refractivity contribution in [2.75, 3.05) is 6.54 Å². The molecule has 0 saturated heterocycles. The van der Waals surface area contributed by atoms with Gasteiger partial charge in [-0.1, -0.05) is 68.7 Å². The summed E-state index contributed by atoms with van der Waals surface area (Å²) in [5, 5.41) is 3.51. The van der Waals surface area contributed by atoms with Crippen LogP contribution in [-0.2, 0) is 0 Å². The van der Waals surface area contributed by atoms with E-state index in [4.69, 9.17) is 0 Å². The Bertz CT molecular complexity index is 393. The molecule has 0 aliphatic carbocycles. The van der Waals surface area contributed by atoms with E-state index in [-0.39, 0.29) is 0 Å². The van der Waals surface area contributed by atoms with Gasteiger partial charge in [0.1, 0.15) is 0 Å². The number of hydrogen-bond donors (Lipinski definition) is 1. The van der Waals surface area contributed by atoms with E-state index in [0.717, 1.165) is 6.54 Å². The van der Waals surface area contributed by atoms with Crippen molar-refractivity contribution in [3.05, 3.63) is 40.5 Å². The molecule has 100 valence electrons. The number of hydrogen-bond acceptors (Lipinski definition) is 1. The van der Waals surface area contributed by atoms with Crippen molar-refractivity contribution in [2.24, 2.45) is 5.92 Å². The molecule has 0 fully saturated rings. The first-order valence-corrected chi connectivity index (χ1v) is 6.90. The van der Waals surface area contributed by atoms with Crippen LogP contribution in [0.15, 0.2) is 23.8 Å². The molecule has 0 bridgehead atoms. The Morgan fingerprint density at radius 3 is 2.06 bits per heavy atom. The molecule has 1 aromatic rings. The smallest absolute Gasteiger partial charge is 0.0172 e. The van der Waals surface area contributed by atoms with Crippen molar-refractivity contribution in [1.82, 2.24) is 5.32 Å². The molecule has 1 heteroatoms. The molecule has 0 unspecified atom stereocenters. The number of aryl methyl sites for hydroxylation is 2. The molecule has 1 aromatic carbocycles. The Kier molecular flexibility index (Phi) is 5.61. The van der Waals surface area contributed by atoms with Crippen LogP contribution < -0.4 is 5.32 Å². The molecule has 0 aromatic heterocycles. The zero-order chi connectivity index (χ0) is 13.7. The highest BCUT2D eigenvalue weighted by Gasteiger charge is 2.05. The van der Waals surface area contributed by atoms with Crippen molar-refractivity contribution in [2.45, 2.75) is 47.6 Å². The minimum atomic E-state index is 0.534. The fourth-order valence-electron chi connectivity index (χ4n) is 2.05. The Hall–Kier alpha value is -1.08. The van der Waals surface area contributed by atoms with Gasteiger partial charge in [-0.05, 0) is 25.3 Å². The quantitative estimate of drug-likeness (QED) is 0.813. The van der Waals surface area contributed by atoms with Gasteiger partial charge in [-0.15, -0.1) is 0 Å². The van der Waals surface area contributed by atoms with Gasteiger partial charge < -0.3 is 5.32 Å². The SMILES string of the molecule is Cc1cc(C)cc(C=C(CNC(C)C)C(C)C)c1. The summed E-state index contributed by atoms with van der Waals surface area (Å²) >= 11 is 0. The third-order valence-corrected chi connectivity index (χ3v) is 3.05. The first kappa shape index (κ1) is 15.0. The lowest BCUT2D eigenvalue weighted by atomic mass is 9.98. The van der Waals surface area contributed by atoms with E-state index in [1.54, 1.807) is 0 Å². The Balaban J connectivity index is 2.93. The largest absolute Gasteiger partial charge is 0.311 e. The lowest BCUT2D eigenvalue weighted by molar-refractivity contribution is 0.593. The predicted octanol–water partition coefficient (Wildman–Crippen LogP) is 4.34. The summed E-state index contributed by atoms with van der Waals surface area (Å²) in [7, 11) is 0. The first-order chi connectivity index (χ1) is 8.38. The molecule has 0 radical (unpaired) electrons. The van der Waals surface area contributed by atoms with Crippen molar-refractivity contribution >= 4 is 6.08 Å². The molecule has 0 saturated carbocycles. The Labute approximate surface area is 112 Å². The average molecular weight is 245 g/mol. The summed E-state index contributed by atoms with van der Waals surface area (Å²) in [4.78, 5) is 0. The van der Waals surface area contributed by atoms with Gasteiger partial charge in [0.05, 0.1) is 0 Å². The zero-order valence-corrected chi connectivity index (χ0v) is 12.7. The Morgan fingerprint density at radius 2 is 1.61 bits per heavy atom. The van der Waals surface area contributed by atoms with Crippen LogP contribution in [0.2, 0.25) is 0 Å². The molecule has 1 nitrogen and oxygen atoms in total. The minimum absolute atomic E-state index is 0.534. The molecular formula is C17H27N. The summed E-state index contributed by atoms with van der Waals surface area (Å²) in [6.45, 7) is 14.2. The van der Waals surface area contributed by atoms with E-state index < -0.39 is 0 Å². The molecule has 18 heavy (non-hydrogen) atoms. The highest BCUT2D eigenvalue weighted by molar-refractivity contribution is 5.55. The summed E-state index contributed by atoms with van der Waals surface area (Å²) in [5.41, 5.74) is 5.46. The molecule has 1 N–H and O–H groups in total. The average Bonchev–Trinajstić information content (AvgIpc) is 2.22. The van der Waals surface area contributed by atoms with Crippen LogP contribution in [0.5, 0.6) is 0 Å². The van der Waals surface area contributed by atoms with E-state index in [9.17, 15) is 0 Å². The zero-order valence-electron chi connectivity index (χ0n) is 12.7. The van der Waals surface area contributed by atoms with Crippen molar-refractivity contribution in [3.63, 3.8) is 0 Å².